The van der Waals surface area contributed by atoms with Gasteiger partial charge in [0.05, 0.1) is 12.6 Å². The van der Waals surface area contributed by atoms with E-state index < -0.39 is 11.9 Å². The van der Waals surface area contributed by atoms with Gasteiger partial charge in [0, 0.05) is 18.2 Å². The second kappa shape index (κ2) is 4.17. The fourth-order valence-electron chi connectivity index (χ4n) is 1.40. The number of ether oxygens (including phenoxy) is 1. The third-order valence-corrected chi connectivity index (χ3v) is 2.12. The quantitative estimate of drug-likeness (QED) is 0.623. The molecule has 0 saturated heterocycles. The maximum atomic E-state index is 11.2. The second-order valence-corrected chi connectivity index (χ2v) is 3.27. The van der Waals surface area contributed by atoms with Gasteiger partial charge in [-0.3, -0.25) is 0 Å². The number of carbonyl (C=O) groups is 2. The van der Waals surface area contributed by atoms with Crippen LogP contribution in [-0.4, -0.2) is 29.1 Å². The third-order valence-electron chi connectivity index (χ3n) is 2.12. The Labute approximate surface area is 95.5 Å². The summed E-state index contributed by atoms with van der Waals surface area (Å²) < 4.78 is 9.85. The zero-order valence-electron chi connectivity index (χ0n) is 8.89. The Balaban J connectivity index is 2.31. The highest BCUT2D eigenvalue weighted by Crippen LogP contribution is 2.21. The summed E-state index contributed by atoms with van der Waals surface area (Å²) in [7, 11) is 1.28. The number of methoxy groups -OCH3 is 1. The SMILES string of the molecule is COC(=O)c1cc2oc(C=CC(=O)O)cc2[nH]1. The monoisotopic (exact) mass is 235 g/mol. The first-order valence-electron chi connectivity index (χ1n) is 4.72. The molecule has 6 heteroatoms. The molecule has 0 radical (unpaired) electrons. The zero-order chi connectivity index (χ0) is 12.4. The Kier molecular flexibility index (Phi) is 2.70. The summed E-state index contributed by atoms with van der Waals surface area (Å²) in [6, 6.07) is 3.10. The van der Waals surface area contributed by atoms with Gasteiger partial charge in [-0.25, -0.2) is 9.59 Å². The van der Waals surface area contributed by atoms with Crippen molar-refractivity contribution in [2.45, 2.75) is 0 Å². The lowest BCUT2D eigenvalue weighted by Crippen LogP contribution is -2.00. The predicted molar refractivity (Wildman–Crippen MR) is 58.6 cm³/mol. The molecule has 0 aliphatic carbocycles. The number of rotatable bonds is 3. The number of H-pyrrole nitrogens is 1. The first kappa shape index (κ1) is 11.0. The minimum absolute atomic E-state index is 0.287. The van der Waals surface area contributed by atoms with Crippen molar-refractivity contribution in [3.8, 4) is 0 Å². The second-order valence-electron chi connectivity index (χ2n) is 3.27. The van der Waals surface area contributed by atoms with Gasteiger partial charge in [-0.05, 0) is 6.08 Å². The summed E-state index contributed by atoms with van der Waals surface area (Å²) in [6.07, 6.45) is 2.30. The smallest absolute Gasteiger partial charge is 0.354 e. The van der Waals surface area contributed by atoms with Crippen LogP contribution in [0.3, 0.4) is 0 Å². The van der Waals surface area contributed by atoms with Gasteiger partial charge in [0.1, 0.15) is 11.5 Å². The molecule has 0 bridgehead atoms. The van der Waals surface area contributed by atoms with Crippen molar-refractivity contribution in [1.29, 1.82) is 0 Å². The van der Waals surface area contributed by atoms with Crippen molar-refractivity contribution in [1.82, 2.24) is 4.98 Å². The Morgan fingerprint density at radius 1 is 1.47 bits per heavy atom. The summed E-state index contributed by atoms with van der Waals surface area (Å²) in [4.78, 5) is 24.3. The number of hydrogen-bond acceptors (Lipinski definition) is 4. The van der Waals surface area contributed by atoms with Crippen LogP contribution < -0.4 is 0 Å². The van der Waals surface area contributed by atoms with E-state index in [4.69, 9.17) is 9.52 Å². The molecule has 0 saturated carbocycles. The Hall–Kier alpha value is -2.50. The van der Waals surface area contributed by atoms with Gasteiger partial charge in [0.25, 0.3) is 0 Å². The number of fused-ring (bicyclic) bond motifs is 1. The van der Waals surface area contributed by atoms with Gasteiger partial charge in [0.15, 0.2) is 5.58 Å². The molecular weight excluding hydrogens is 226 g/mol. The van der Waals surface area contributed by atoms with Crippen LogP contribution in [-0.2, 0) is 9.53 Å². The molecule has 2 aromatic rings. The average Bonchev–Trinajstić information content (AvgIpc) is 2.82. The Morgan fingerprint density at radius 2 is 2.24 bits per heavy atom. The molecule has 2 N–H and O–H groups in total. The molecule has 2 rings (SSSR count). The molecule has 88 valence electrons. The normalized spacial score (nSPS) is 11.1. The number of carbonyl (C=O) groups excluding carboxylic acids is 1. The average molecular weight is 235 g/mol. The van der Waals surface area contributed by atoms with Gasteiger partial charge in [0.2, 0.25) is 0 Å². The molecule has 0 aromatic carbocycles. The molecular formula is C11H9NO5. The number of nitrogens with one attached hydrogen (secondary N) is 1. The van der Waals surface area contributed by atoms with Crippen molar-refractivity contribution in [3.63, 3.8) is 0 Å². The summed E-state index contributed by atoms with van der Waals surface area (Å²) >= 11 is 0. The van der Waals surface area contributed by atoms with Gasteiger partial charge in [-0.15, -0.1) is 0 Å². The molecule has 17 heavy (non-hydrogen) atoms. The highest BCUT2D eigenvalue weighted by molar-refractivity contribution is 5.93. The van der Waals surface area contributed by atoms with E-state index in [1.54, 1.807) is 6.07 Å². The van der Waals surface area contributed by atoms with E-state index >= 15 is 0 Å². The number of aromatic nitrogens is 1. The van der Waals surface area contributed by atoms with Crippen LogP contribution in [0, 0.1) is 0 Å². The maximum Gasteiger partial charge on any atom is 0.354 e. The van der Waals surface area contributed by atoms with Crippen LogP contribution in [0.25, 0.3) is 17.2 Å². The number of carboxylic acid groups (broad SMARTS) is 1. The highest BCUT2D eigenvalue weighted by atomic mass is 16.5. The minimum atomic E-state index is -1.06. The van der Waals surface area contributed by atoms with E-state index in [2.05, 4.69) is 9.72 Å². The van der Waals surface area contributed by atoms with Gasteiger partial charge >= 0.3 is 11.9 Å². The van der Waals surface area contributed by atoms with Crippen LogP contribution in [0.5, 0.6) is 0 Å². The number of hydrogen-bond donors (Lipinski definition) is 2. The molecule has 0 fully saturated rings. The van der Waals surface area contributed by atoms with E-state index in [0.717, 1.165) is 6.08 Å². The standard InChI is InChI=1S/C11H9NO5/c1-16-11(15)8-5-9-7(12-8)4-6(17-9)2-3-10(13)14/h2-5,12H,1H3,(H,13,14). The molecule has 0 atom stereocenters. The molecule has 0 amide bonds. The lowest BCUT2D eigenvalue weighted by atomic mass is 10.4. The number of esters is 1. The number of furan rings is 1. The first-order chi connectivity index (χ1) is 8.10. The minimum Gasteiger partial charge on any atom is -0.478 e. The van der Waals surface area contributed by atoms with Crippen LogP contribution in [0.4, 0.5) is 0 Å². The predicted octanol–water partition coefficient (Wildman–Crippen LogP) is 1.65. The molecule has 2 aromatic heterocycles. The molecule has 0 aliphatic heterocycles. The van der Waals surface area contributed by atoms with Crippen LogP contribution in [0.15, 0.2) is 22.6 Å². The molecule has 0 spiro atoms. The maximum absolute atomic E-state index is 11.2. The summed E-state index contributed by atoms with van der Waals surface area (Å²) in [5, 5.41) is 8.45. The third kappa shape index (κ3) is 2.20. The van der Waals surface area contributed by atoms with Crippen molar-refractivity contribution in [2.24, 2.45) is 0 Å². The fraction of sp³-hybridized carbons (Fsp3) is 0.0909. The summed E-state index contributed by atoms with van der Waals surface area (Å²) in [6.45, 7) is 0. The number of aromatic amines is 1. The van der Waals surface area contributed by atoms with E-state index in [1.807, 2.05) is 0 Å². The van der Waals surface area contributed by atoms with Crippen molar-refractivity contribution < 1.29 is 23.8 Å². The van der Waals surface area contributed by atoms with Gasteiger partial charge in [-0.2, -0.15) is 0 Å². The van der Waals surface area contributed by atoms with Crippen LogP contribution in [0.2, 0.25) is 0 Å². The van der Waals surface area contributed by atoms with Gasteiger partial charge < -0.3 is 19.2 Å². The largest absolute Gasteiger partial charge is 0.478 e. The van der Waals surface area contributed by atoms with E-state index in [1.165, 1.54) is 19.3 Å². The molecule has 6 nitrogen and oxygen atoms in total. The number of aliphatic carboxylic acids is 1. The van der Waals surface area contributed by atoms with E-state index in [9.17, 15) is 9.59 Å². The summed E-state index contributed by atoms with van der Waals surface area (Å²) in [5.74, 6) is -1.15. The Morgan fingerprint density at radius 3 is 2.82 bits per heavy atom. The fourth-order valence-corrected chi connectivity index (χ4v) is 1.40. The topological polar surface area (TPSA) is 92.5 Å². The summed E-state index contributed by atoms with van der Waals surface area (Å²) in [5.41, 5.74) is 1.36. The molecule has 0 aliphatic rings. The highest BCUT2D eigenvalue weighted by Gasteiger charge is 2.12. The number of carboxylic acids is 1. The Bertz CT molecular complexity index is 573. The van der Waals surface area contributed by atoms with Gasteiger partial charge in [-0.1, -0.05) is 0 Å². The van der Waals surface area contributed by atoms with E-state index in [-0.39, 0.29) is 5.69 Å². The van der Waals surface area contributed by atoms with Crippen LogP contribution >= 0.6 is 0 Å². The van der Waals surface area contributed by atoms with Crippen LogP contribution in [0.1, 0.15) is 16.2 Å². The van der Waals surface area contributed by atoms with Crippen molar-refractivity contribution in [2.75, 3.05) is 7.11 Å². The zero-order valence-corrected chi connectivity index (χ0v) is 8.89. The lowest BCUT2D eigenvalue weighted by molar-refractivity contribution is -0.131. The lowest BCUT2D eigenvalue weighted by Gasteiger charge is -1.92. The van der Waals surface area contributed by atoms with Crippen molar-refractivity contribution in [3.05, 3.63) is 29.7 Å². The van der Waals surface area contributed by atoms with Crippen molar-refractivity contribution >= 4 is 29.1 Å². The first-order valence-corrected chi connectivity index (χ1v) is 4.72. The van der Waals surface area contributed by atoms with E-state index in [0.29, 0.717) is 16.9 Å². The molecule has 2 heterocycles. The molecule has 0 unspecified atom stereocenters.